The molecule has 1 aliphatic heterocycles. The van der Waals surface area contributed by atoms with E-state index in [-0.39, 0.29) is 5.91 Å². The fraction of sp³-hybridized carbons (Fsp3) is 0.312. The van der Waals surface area contributed by atoms with Gasteiger partial charge >= 0.3 is 0 Å². The van der Waals surface area contributed by atoms with Gasteiger partial charge in [0.05, 0.1) is 6.20 Å². The molecule has 124 valence electrons. The molecule has 1 fully saturated rings. The molecule has 24 heavy (non-hydrogen) atoms. The minimum atomic E-state index is 0.0330. The topological polar surface area (TPSA) is 59.2 Å². The zero-order valence-electron chi connectivity index (χ0n) is 13.4. The molecule has 3 aromatic heterocycles. The standard InChI is InChI=1S/C16H18N6OS/c1-19-14(20-5-2-3-6-20)13(12-18-19)15(23)21-7-9-22(10-8-21)16-17-4-11-24-16/h2-6,11-12H,7-10H2,1H3. The molecule has 0 aliphatic carbocycles. The number of carbonyl (C=O) groups is 1. The van der Waals surface area contributed by atoms with Gasteiger partial charge in [0, 0.05) is 57.2 Å². The Kier molecular flexibility index (Phi) is 3.81. The van der Waals surface area contributed by atoms with Gasteiger partial charge in [-0.25, -0.2) is 4.98 Å². The number of nitrogens with zero attached hydrogens (tertiary/aromatic N) is 6. The molecule has 4 rings (SSSR count). The van der Waals surface area contributed by atoms with Crippen LogP contribution in [0.3, 0.4) is 0 Å². The minimum Gasteiger partial charge on any atom is -0.345 e. The number of amides is 1. The second-order valence-electron chi connectivity index (χ2n) is 5.69. The van der Waals surface area contributed by atoms with Crippen molar-refractivity contribution in [3.8, 4) is 5.82 Å². The third kappa shape index (κ3) is 2.58. The van der Waals surface area contributed by atoms with Gasteiger partial charge in [-0.1, -0.05) is 0 Å². The highest BCUT2D eigenvalue weighted by Gasteiger charge is 2.26. The van der Waals surface area contributed by atoms with Crippen molar-refractivity contribution in [3.63, 3.8) is 0 Å². The Bertz CT molecular complexity index is 815. The molecule has 1 amide bonds. The monoisotopic (exact) mass is 342 g/mol. The summed E-state index contributed by atoms with van der Waals surface area (Å²) in [5.41, 5.74) is 0.636. The van der Waals surface area contributed by atoms with E-state index < -0.39 is 0 Å². The summed E-state index contributed by atoms with van der Waals surface area (Å²) < 4.78 is 3.66. The van der Waals surface area contributed by atoms with E-state index in [0.717, 1.165) is 24.0 Å². The minimum absolute atomic E-state index is 0.0330. The van der Waals surface area contributed by atoms with Crippen LogP contribution in [-0.2, 0) is 7.05 Å². The molecule has 8 heteroatoms. The number of piperazine rings is 1. The molecule has 7 nitrogen and oxygen atoms in total. The first-order valence-corrected chi connectivity index (χ1v) is 8.71. The van der Waals surface area contributed by atoms with E-state index in [0.29, 0.717) is 18.7 Å². The number of hydrogen-bond donors (Lipinski definition) is 0. The van der Waals surface area contributed by atoms with Crippen LogP contribution in [0.2, 0.25) is 0 Å². The van der Waals surface area contributed by atoms with Gasteiger partial charge in [0.2, 0.25) is 0 Å². The summed E-state index contributed by atoms with van der Waals surface area (Å²) in [7, 11) is 1.85. The third-order valence-corrected chi connectivity index (χ3v) is 5.08. The van der Waals surface area contributed by atoms with Crippen LogP contribution in [0, 0.1) is 0 Å². The highest BCUT2D eigenvalue weighted by atomic mass is 32.1. The second kappa shape index (κ2) is 6.12. The summed E-state index contributed by atoms with van der Waals surface area (Å²) >= 11 is 1.63. The zero-order chi connectivity index (χ0) is 16.5. The van der Waals surface area contributed by atoms with Crippen LogP contribution in [0.25, 0.3) is 5.82 Å². The first-order chi connectivity index (χ1) is 11.7. The van der Waals surface area contributed by atoms with Crippen LogP contribution in [0.15, 0.2) is 42.3 Å². The highest BCUT2D eigenvalue weighted by Crippen LogP contribution is 2.21. The molecule has 0 N–H and O–H groups in total. The number of aromatic nitrogens is 4. The Labute approximate surface area is 143 Å². The number of rotatable bonds is 3. The van der Waals surface area contributed by atoms with Crippen molar-refractivity contribution >= 4 is 22.4 Å². The Balaban J connectivity index is 1.52. The highest BCUT2D eigenvalue weighted by molar-refractivity contribution is 7.13. The Morgan fingerprint density at radius 3 is 2.58 bits per heavy atom. The second-order valence-corrected chi connectivity index (χ2v) is 6.56. The van der Waals surface area contributed by atoms with Crippen LogP contribution in [0.4, 0.5) is 5.13 Å². The lowest BCUT2D eigenvalue weighted by molar-refractivity contribution is 0.0746. The largest absolute Gasteiger partial charge is 0.345 e. The molecular weight excluding hydrogens is 324 g/mol. The summed E-state index contributed by atoms with van der Waals surface area (Å²) in [5.74, 6) is 0.831. The van der Waals surface area contributed by atoms with Crippen LogP contribution in [0.5, 0.6) is 0 Å². The molecule has 1 saturated heterocycles. The van der Waals surface area contributed by atoms with Gasteiger partial charge in [0.25, 0.3) is 5.91 Å². The predicted octanol–water partition coefficient (Wildman–Crippen LogP) is 1.63. The number of carbonyl (C=O) groups excluding carboxylic acids is 1. The number of hydrogen-bond acceptors (Lipinski definition) is 5. The van der Waals surface area contributed by atoms with Crippen molar-refractivity contribution in [1.29, 1.82) is 0 Å². The van der Waals surface area contributed by atoms with E-state index >= 15 is 0 Å². The maximum absolute atomic E-state index is 12.9. The molecule has 1 aliphatic rings. The lowest BCUT2D eigenvalue weighted by atomic mass is 10.2. The van der Waals surface area contributed by atoms with E-state index in [1.807, 2.05) is 52.6 Å². The fourth-order valence-corrected chi connectivity index (χ4v) is 3.70. The molecule has 0 radical (unpaired) electrons. The van der Waals surface area contributed by atoms with E-state index in [9.17, 15) is 4.79 Å². The SMILES string of the molecule is Cn1ncc(C(=O)N2CCN(c3nccs3)CC2)c1-n1cccc1. The van der Waals surface area contributed by atoms with Crippen LogP contribution in [-0.4, -0.2) is 56.3 Å². The van der Waals surface area contributed by atoms with Gasteiger partial charge < -0.3 is 14.4 Å². The average molecular weight is 342 g/mol. The van der Waals surface area contributed by atoms with Crippen molar-refractivity contribution in [1.82, 2.24) is 24.2 Å². The summed E-state index contributed by atoms with van der Waals surface area (Å²) in [6.45, 7) is 2.99. The number of aryl methyl sites for hydroxylation is 1. The summed E-state index contributed by atoms with van der Waals surface area (Å²) in [4.78, 5) is 21.4. The Hall–Kier alpha value is -2.61. The van der Waals surface area contributed by atoms with Crippen molar-refractivity contribution in [3.05, 3.63) is 47.9 Å². The number of anilines is 1. The van der Waals surface area contributed by atoms with Crippen LogP contribution < -0.4 is 4.90 Å². The maximum Gasteiger partial charge on any atom is 0.259 e. The number of thiazole rings is 1. The van der Waals surface area contributed by atoms with E-state index in [4.69, 9.17) is 0 Å². The first-order valence-electron chi connectivity index (χ1n) is 7.83. The predicted molar refractivity (Wildman–Crippen MR) is 92.8 cm³/mol. The zero-order valence-corrected chi connectivity index (χ0v) is 14.2. The maximum atomic E-state index is 12.9. The summed E-state index contributed by atoms with van der Waals surface area (Å²) in [6, 6.07) is 3.88. The van der Waals surface area contributed by atoms with Gasteiger partial charge in [-0.3, -0.25) is 9.48 Å². The molecular formula is C16H18N6OS. The van der Waals surface area contributed by atoms with Gasteiger partial charge in [-0.2, -0.15) is 5.10 Å². The fourth-order valence-electron chi connectivity index (χ4n) is 3.01. The van der Waals surface area contributed by atoms with Gasteiger partial charge in [0.15, 0.2) is 5.13 Å². The molecule has 0 bridgehead atoms. The lowest BCUT2D eigenvalue weighted by Crippen LogP contribution is -2.48. The third-order valence-electron chi connectivity index (χ3n) is 4.24. The molecule has 0 saturated carbocycles. The molecule has 0 atom stereocenters. The van der Waals surface area contributed by atoms with E-state index in [1.54, 1.807) is 22.2 Å². The molecule has 4 heterocycles. The lowest BCUT2D eigenvalue weighted by Gasteiger charge is -2.34. The Morgan fingerprint density at radius 1 is 1.17 bits per heavy atom. The van der Waals surface area contributed by atoms with Gasteiger partial charge in [-0.05, 0) is 12.1 Å². The molecule has 3 aromatic rings. The summed E-state index contributed by atoms with van der Waals surface area (Å²) in [5, 5.41) is 7.28. The first kappa shape index (κ1) is 14.9. The van der Waals surface area contributed by atoms with Gasteiger partial charge in [0.1, 0.15) is 11.4 Å². The quantitative estimate of drug-likeness (QED) is 0.726. The average Bonchev–Trinajstić information content (AvgIpc) is 3.35. The van der Waals surface area contributed by atoms with Crippen molar-refractivity contribution in [2.45, 2.75) is 0 Å². The van der Waals surface area contributed by atoms with Crippen molar-refractivity contribution in [2.24, 2.45) is 7.05 Å². The Morgan fingerprint density at radius 2 is 1.92 bits per heavy atom. The van der Waals surface area contributed by atoms with E-state index in [2.05, 4.69) is 15.0 Å². The van der Waals surface area contributed by atoms with Gasteiger partial charge in [-0.15, -0.1) is 11.3 Å². The summed E-state index contributed by atoms with van der Waals surface area (Å²) in [6.07, 6.45) is 7.32. The molecule has 0 aromatic carbocycles. The smallest absolute Gasteiger partial charge is 0.259 e. The van der Waals surface area contributed by atoms with Crippen molar-refractivity contribution < 1.29 is 4.79 Å². The molecule has 0 spiro atoms. The van der Waals surface area contributed by atoms with Crippen molar-refractivity contribution in [2.75, 3.05) is 31.1 Å². The normalized spacial score (nSPS) is 15.0. The van der Waals surface area contributed by atoms with E-state index in [1.165, 1.54) is 0 Å². The molecule has 0 unspecified atom stereocenters. The van der Waals surface area contributed by atoms with Crippen LogP contribution in [0.1, 0.15) is 10.4 Å². The van der Waals surface area contributed by atoms with Crippen LogP contribution >= 0.6 is 11.3 Å².